The fraction of sp³-hybridized carbons (Fsp3) is 0.346. The van der Waals surface area contributed by atoms with E-state index in [1.54, 1.807) is 4.90 Å². The number of alkyl halides is 1. The summed E-state index contributed by atoms with van der Waals surface area (Å²) >= 11 is 7.94. The van der Waals surface area contributed by atoms with E-state index in [2.05, 4.69) is 4.98 Å². The van der Waals surface area contributed by atoms with Crippen molar-refractivity contribution in [2.45, 2.75) is 37.5 Å². The van der Waals surface area contributed by atoms with Gasteiger partial charge in [0.1, 0.15) is 29.4 Å². The van der Waals surface area contributed by atoms with E-state index in [0.717, 1.165) is 0 Å². The van der Waals surface area contributed by atoms with Gasteiger partial charge in [-0.2, -0.15) is 4.98 Å². The highest BCUT2D eigenvalue weighted by Crippen LogP contribution is 2.47. The third kappa shape index (κ3) is 4.66. The Balaban J connectivity index is 1.63. The molecule has 12 heteroatoms. The van der Waals surface area contributed by atoms with E-state index in [0.29, 0.717) is 65.7 Å². The Morgan fingerprint density at radius 2 is 1.87 bits per heavy atom. The van der Waals surface area contributed by atoms with Crippen LogP contribution in [0.1, 0.15) is 13.8 Å². The molecule has 0 bridgehead atoms. The molecule has 1 saturated heterocycles. The standard InChI is InChI=1S/C26H23ClF4N4O2S/c1-13(28)3-4-20(36)33-5-6-34(14(2)12-33)25-16-11-17(27)21(22-18(30)9-15(29)10-19(22)31)24-23(16)35(7-8-38-24)26(37)32-25/h3-4,9-11,13-14H,5-8,12H2,1-2H3/b4-3+/t13?,14-/m0/s1. The number of piperazine rings is 1. The fourth-order valence-electron chi connectivity index (χ4n) is 4.97. The third-order valence-electron chi connectivity index (χ3n) is 6.68. The zero-order valence-corrected chi connectivity index (χ0v) is 22.1. The number of thioether (sulfide) groups is 1. The lowest BCUT2D eigenvalue weighted by molar-refractivity contribution is -0.126. The molecule has 1 fully saturated rings. The Morgan fingerprint density at radius 1 is 1.16 bits per heavy atom. The molecule has 38 heavy (non-hydrogen) atoms. The van der Waals surface area contributed by atoms with Gasteiger partial charge < -0.3 is 9.80 Å². The number of hydrogen-bond acceptors (Lipinski definition) is 5. The van der Waals surface area contributed by atoms with Gasteiger partial charge in [0.15, 0.2) is 0 Å². The average molecular weight is 567 g/mol. The van der Waals surface area contributed by atoms with Crippen molar-refractivity contribution in [3.63, 3.8) is 0 Å². The molecular formula is C26H23ClF4N4O2S. The predicted octanol–water partition coefficient (Wildman–Crippen LogP) is 5.19. The van der Waals surface area contributed by atoms with Crippen LogP contribution in [0.4, 0.5) is 23.4 Å². The number of anilines is 1. The first-order valence-electron chi connectivity index (χ1n) is 12.0. The molecule has 0 saturated carbocycles. The van der Waals surface area contributed by atoms with Gasteiger partial charge in [0.05, 0.1) is 16.1 Å². The molecule has 3 heterocycles. The zero-order chi connectivity index (χ0) is 27.3. The SMILES string of the molecule is CC(F)/C=C/C(=O)N1CCN(c2nc(=O)n3c4c(c(-c5c(F)cc(F)cc5F)c(Cl)cc24)SCC3)[C@@H](C)C1. The molecule has 0 radical (unpaired) electrons. The number of halogens is 5. The number of aryl methyl sites for hydroxylation is 1. The molecule has 0 N–H and O–H groups in total. The number of hydrogen-bond donors (Lipinski definition) is 0. The van der Waals surface area contributed by atoms with E-state index in [1.165, 1.54) is 41.5 Å². The quantitative estimate of drug-likeness (QED) is 0.321. The van der Waals surface area contributed by atoms with Gasteiger partial charge in [0, 0.05) is 72.0 Å². The summed E-state index contributed by atoms with van der Waals surface area (Å²) in [5, 5.41) is 0.563. The van der Waals surface area contributed by atoms with Crippen molar-refractivity contribution in [3.05, 3.63) is 63.3 Å². The van der Waals surface area contributed by atoms with E-state index in [9.17, 15) is 27.2 Å². The van der Waals surface area contributed by atoms with E-state index in [1.807, 2.05) is 11.8 Å². The van der Waals surface area contributed by atoms with Crippen LogP contribution in [0.15, 0.2) is 40.0 Å². The maximum absolute atomic E-state index is 14.8. The Labute approximate surface area is 224 Å². The molecule has 1 aromatic heterocycles. The second-order valence-electron chi connectivity index (χ2n) is 9.28. The summed E-state index contributed by atoms with van der Waals surface area (Å²) in [6.45, 7) is 4.53. The number of benzene rings is 2. The summed E-state index contributed by atoms with van der Waals surface area (Å²) in [7, 11) is 0. The molecule has 0 spiro atoms. The van der Waals surface area contributed by atoms with Gasteiger partial charge in [-0.15, -0.1) is 11.8 Å². The molecule has 6 nitrogen and oxygen atoms in total. The van der Waals surface area contributed by atoms with Crippen LogP contribution in [-0.2, 0) is 11.3 Å². The van der Waals surface area contributed by atoms with Crippen LogP contribution in [-0.4, -0.2) is 58.0 Å². The molecular weight excluding hydrogens is 544 g/mol. The Bertz CT molecular complexity index is 1520. The van der Waals surface area contributed by atoms with Gasteiger partial charge in [0.2, 0.25) is 5.91 Å². The van der Waals surface area contributed by atoms with Crippen LogP contribution >= 0.6 is 23.4 Å². The van der Waals surface area contributed by atoms with Gasteiger partial charge in [-0.1, -0.05) is 11.6 Å². The van der Waals surface area contributed by atoms with Crippen molar-refractivity contribution in [2.75, 3.05) is 30.3 Å². The molecule has 1 amide bonds. The highest BCUT2D eigenvalue weighted by molar-refractivity contribution is 7.99. The van der Waals surface area contributed by atoms with Crippen LogP contribution in [0.25, 0.3) is 22.0 Å². The molecule has 2 aromatic carbocycles. The van der Waals surface area contributed by atoms with Gasteiger partial charge in [0.25, 0.3) is 0 Å². The minimum absolute atomic E-state index is 0.0338. The summed E-state index contributed by atoms with van der Waals surface area (Å²) < 4.78 is 57.8. The summed E-state index contributed by atoms with van der Waals surface area (Å²) in [6.07, 6.45) is 1.17. The van der Waals surface area contributed by atoms with Crippen LogP contribution in [0.2, 0.25) is 5.02 Å². The summed E-state index contributed by atoms with van der Waals surface area (Å²) in [4.78, 5) is 33.8. The highest BCUT2D eigenvalue weighted by Gasteiger charge is 2.32. The lowest BCUT2D eigenvalue weighted by atomic mass is 10.0. The number of nitrogens with zero attached hydrogens (tertiary/aromatic N) is 4. The summed E-state index contributed by atoms with van der Waals surface area (Å²) in [5.41, 5.74) is -0.477. The number of aromatic nitrogens is 2. The molecule has 200 valence electrons. The molecule has 0 aliphatic carbocycles. The van der Waals surface area contributed by atoms with Gasteiger partial charge in [-0.05, 0) is 26.0 Å². The number of allylic oxidation sites excluding steroid dienone is 1. The minimum atomic E-state index is -1.24. The third-order valence-corrected chi connectivity index (χ3v) is 8.05. The highest BCUT2D eigenvalue weighted by atomic mass is 35.5. The second-order valence-corrected chi connectivity index (χ2v) is 10.8. The Hall–Kier alpha value is -3.05. The molecule has 3 aromatic rings. The first-order chi connectivity index (χ1) is 18.1. The van der Waals surface area contributed by atoms with Crippen molar-refractivity contribution < 1.29 is 22.4 Å². The van der Waals surface area contributed by atoms with E-state index in [4.69, 9.17) is 11.6 Å². The average Bonchev–Trinajstić information content (AvgIpc) is 2.85. The van der Waals surface area contributed by atoms with Gasteiger partial charge >= 0.3 is 5.69 Å². The van der Waals surface area contributed by atoms with E-state index in [-0.39, 0.29) is 22.5 Å². The summed E-state index contributed by atoms with van der Waals surface area (Å²) in [6, 6.07) is 2.46. The molecule has 5 rings (SSSR count). The number of rotatable bonds is 4. The first kappa shape index (κ1) is 26.6. The molecule has 2 aliphatic rings. The minimum Gasteiger partial charge on any atom is -0.350 e. The monoisotopic (exact) mass is 566 g/mol. The van der Waals surface area contributed by atoms with Crippen LogP contribution < -0.4 is 10.6 Å². The maximum Gasteiger partial charge on any atom is 0.350 e. The second kappa shape index (κ2) is 10.3. The summed E-state index contributed by atoms with van der Waals surface area (Å²) in [5.74, 6) is -2.75. The van der Waals surface area contributed by atoms with Crippen molar-refractivity contribution in [2.24, 2.45) is 0 Å². The van der Waals surface area contributed by atoms with Crippen LogP contribution in [0, 0.1) is 17.5 Å². The molecule has 1 unspecified atom stereocenters. The molecule has 2 atom stereocenters. The smallest absolute Gasteiger partial charge is 0.350 e. The number of amides is 1. The largest absolute Gasteiger partial charge is 0.350 e. The van der Waals surface area contributed by atoms with E-state index >= 15 is 0 Å². The van der Waals surface area contributed by atoms with Crippen molar-refractivity contribution in [1.82, 2.24) is 14.5 Å². The van der Waals surface area contributed by atoms with Crippen molar-refractivity contribution in [3.8, 4) is 11.1 Å². The number of carbonyl (C=O) groups is 1. The number of carbonyl (C=O) groups excluding carboxylic acids is 1. The fourth-order valence-corrected chi connectivity index (χ4v) is 6.52. The topological polar surface area (TPSA) is 58.4 Å². The lowest BCUT2D eigenvalue weighted by Crippen LogP contribution is -2.54. The predicted molar refractivity (Wildman–Crippen MR) is 140 cm³/mol. The van der Waals surface area contributed by atoms with Crippen LogP contribution in [0.5, 0.6) is 0 Å². The van der Waals surface area contributed by atoms with E-state index < -0.39 is 34.9 Å². The van der Waals surface area contributed by atoms with Gasteiger partial charge in [-0.3, -0.25) is 9.36 Å². The Morgan fingerprint density at radius 3 is 2.53 bits per heavy atom. The zero-order valence-electron chi connectivity index (χ0n) is 20.5. The Kier molecular flexibility index (Phi) is 7.17. The van der Waals surface area contributed by atoms with Gasteiger partial charge in [-0.25, -0.2) is 22.4 Å². The first-order valence-corrected chi connectivity index (χ1v) is 13.4. The normalized spacial score (nSPS) is 18.4. The van der Waals surface area contributed by atoms with Crippen LogP contribution in [0.3, 0.4) is 0 Å². The lowest BCUT2D eigenvalue weighted by Gasteiger charge is -2.41. The molecule has 2 aliphatic heterocycles. The maximum atomic E-state index is 14.8. The van der Waals surface area contributed by atoms with Crippen molar-refractivity contribution >= 4 is 46.0 Å². The van der Waals surface area contributed by atoms with Crippen molar-refractivity contribution in [1.29, 1.82) is 0 Å².